The minimum absolute atomic E-state index is 0.110. The summed E-state index contributed by atoms with van der Waals surface area (Å²) < 4.78 is 30.8. The van der Waals surface area contributed by atoms with E-state index < -0.39 is 42.3 Å². The second-order valence-corrected chi connectivity index (χ2v) is 10.2. The topological polar surface area (TPSA) is 170 Å². The number of rotatable bonds is 16. The zero-order chi connectivity index (χ0) is 30.2. The molecule has 1 aromatic rings. The average molecular weight is 570 g/mol. The van der Waals surface area contributed by atoms with Crippen LogP contribution in [0.4, 0.5) is 14.4 Å². The molecule has 0 aliphatic rings. The van der Waals surface area contributed by atoms with Crippen LogP contribution >= 0.6 is 0 Å². The first kappa shape index (κ1) is 34.5. The van der Waals surface area contributed by atoms with Crippen molar-refractivity contribution in [3.05, 3.63) is 23.8 Å². The molecule has 0 saturated heterocycles. The van der Waals surface area contributed by atoms with Crippen LogP contribution in [0.15, 0.2) is 18.2 Å². The molecule has 3 atom stereocenters. The van der Waals surface area contributed by atoms with Crippen molar-refractivity contribution in [2.45, 2.75) is 72.8 Å². The van der Waals surface area contributed by atoms with Crippen molar-refractivity contribution in [3.63, 3.8) is 0 Å². The van der Waals surface area contributed by atoms with Crippen LogP contribution in [0.25, 0.3) is 0 Å². The SMILES string of the molecule is CCCOC(=O)OCC(C)C(c1ccc(OC(=O)OCCC(C)C)c(OC(=O)OCCC(C)C)c1)[C@H](N)C(=O)O. The molecule has 3 N–H and O–H groups in total. The molecule has 0 aliphatic carbocycles. The van der Waals surface area contributed by atoms with Crippen molar-refractivity contribution >= 4 is 24.4 Å². The van der Waals surface area contributed by atoms with Gasteiger partial charge < -0.3 is 39.3 Å². The first-order valence-electron chi connectivity index (χ1n) is 13.5. The fraction of sp³-hybridized carbons (Fsp3) is 0.643. The van der Waals surface area contributed by atoms with Gasteiger partial charge in [-0.15, -0.1) is 0 Å². The van der Waals surface area contributed by atoms with Gasteiger partial charge in [0.05, 0.1) is 26.4 Å². The van der Waals surface area contributed by atoms with Gasteiger partial charge in [-0.3, -0.25) is 4.79 Å². The molecule has 0 bridgehead atoms. The Morgan fingerprint density at radius 2 is 1.30 bits per heavy atom. The minimum Gasteiger partial charge on any atom is -0.480 e. The van der Waals surface area contributed by atoms with E-state index in [1.807, 2.05) is 34.6 Å². The summed E-state index contributed by atoms with van der Waals surface area (Å²) in [7, 11) is 0. The summed E-state index contributed by atoms with van der Waals surface area (Å²) >= 11 is 0. The van der Waals surface area contributed by atoms with E-state index in [4.69, 9.17) is 34.2 Å². The zero-order valence-electron chi connectivity index (χ0n) is 24.2. The maximum Gasteiger partial charge on any atom is 0.513 e. The van der Waals surface area contributed by atoms with Crippen LogP contribution in [0.5, 0.6) is 11.5 Å². The average Bonchev–Trinajstić information content (AvgIpc) is 2.87. The van der Waals surface area contributed by atoms with Crippen molar-refractivity contribution < 1.29 is 52.7 Å². The van der Waals surface area contributed by atoms with Crippen LogP contribution in [0, 0.1) is 17.8 Å². The number of carbonyl (C=O) groups excluding carboxylic acids is 3. The van der Waals surface area contributed by atoms with Crippen molar-refractivity contribution in [2.75, 3.05) is 26.4 Å². The van der Waals surface area contributed by atoms with E-state index in [9.17, 15) is 24.3 Å². The molecule has 2 unspecified atom stereocenters. The molecule has 0 amide bonds. The summed E-state index contributed by atoms with van der Waals surface area (Å²) in [5, 5.41) is 9.66. The second-order valence-electron chi connectivity index (χ2n) is 10.2. The van der Waals surface area contributed by atoms with Crippen molar-refractivity contribution in [1.29, 1.82) is 0 Å². The Hall–Kier alpha value is -3.54. The van der Waals surface area contributed by atoms with Gasteiger partial charge in [0.2, 0.25) is 0 Å². The summed E-state index contributed by atoms with van der Waals surface area (Å²) in [5.41, 5.74) is 6.35. The lowest BCUT2D eigenvalue weighted by Gasteiger charge is -2.27. The van der Waals surface area contributed by atoms with Gasteiger partial charge in [-0.2, -0.15) is 0 Å². The van der Waals surface area contributed by atoms with E-state index in [1.54, 1.807) is 6.92 Å². The van der Waals surface area contributed by atoms with Gasteiger partial charge in [0.15, 0.2) is 11.5 Å². The fourth-order valence-corrected chi connectivity index (χ4v) is 3.46. The molecule has 12 heteroatoms. The number of hydrogen-bond donors (Lipinski definition) is 2. The molecule has 0 radical (unpaired) electrons. The first-order valence-corrected chi connectivity index (χ1v) is 13.5. The lowest BCUT2D eigenvalue weighted by molar-refractivity contribution is -0.139. The molecule has 12 nitrogen and oxygen atoms in total. The normalized spacial score (nSPS) is 13.2. The largest absolute Gasteiger partial charge is 0.513 e. The molecule has 1 aromatic carbocycles. The van der Waals surface area contributed by atoms with Gasteiger partial charge >= 0.3 is 24.4 Å². The quantitative estimate of drug-likeness (QED) is 0.146. The Balaban J connectivity index is 3.25. The number of benzene rings is 1. The zero-order valence-corrected chi connectivity index (χ0v) is 24.2. The molecular weight excluding hydrogens is 526 g/mol. The summed E-state index contributed by atoms with van der Waals surface area (Å²) in [6.45, 7) is 11.6. The Kier molecular flexibility index (Phi) is 15.5. The maximum absolute atomic E-state index is 12.4. The van der Waals surface area contributed by atoms with Crippen LogP contribution in [-0.2, 0) is 23.7 Å². The van der Waals surface area contributed by atoms with E-state index in [2.05, 4.69) is 0 Å². The molecule has 226 valence electrons. The summed E-state index contributed by atoms with van der Waals surface area (Å²) in [6.07, 6.45) is -1.08. The number of carbonyl (C=O) groups is 4. The molecule has 40 heavy (non-hydrogen) atoms. The Bertz CT molecular complexity index is 964. The molecule has 0 aromatic heterocycles. The van der Waals surface area contributed by atoms with Crippen LogP contribution < -0.4 is 15.2 Å². The highest BCUT2D eigenvalue weighted by molar-refractivity contribution is 5.75. The van der Waals surface area contributed by atoms with Gasteiger partial charge in [-0.1, -0.05) is 47.6 Å². The van der Waals surface area contributed by atoms with Crippen molar-refractivity contribution in [1.82, 2.24) is 0 Å². The smallest absolute Gasteiger partial charge is 0.480 e. The summed E-state index contributed by atoms with van der Waals surface area (Å²) in [5.74, 6) is -2.55. The predicted octanol–water partition coefficient (Wildman–Crippen LogP) is 5.50. The number of carboxylic acid groups (broad SMARTS) is 1. The fourth-order valence-electron chi connectivity index (χ4n) is 3.46. The number of carboxylic acids is 1. The lowest BCUT2D eigenvalue weighted by Crippen LogP contribution is -2.40. The van der Waals surface area contributed by atoms with Crippen molar-refractivity contribution in [3.8, 4) is 11.5 Å². The van der Waals surface area contributed by atoms with E-state index in [0.717, 1.165) is 0 Å². The molecule has 0 aliphatic heterocycles. The molecule has 0 spiro atoms. The second kappa shape index (κ2) is 17.9. The molecular formula is C28H43NO11. The molecule has 0 saturated carbocycles. The van der Waals surface area contributed by atoms with Crippen LogP contribution in [0.2, 0.25) is 0 Å². The summed E-state index contributed by atoms with van der Waals surface area (Å²) in [6, 6.07) is 2.73. The van der Waals surface area contributed by atoms with E-state index in [0.29, 0.717) is 30.7 Å². The van der Waals surface area contributed by atoms with E-state index >= 15 is 0 Å². The summed E-state index contributed by atoms with van der Waals surface area (Å²) in [4.78, 5) is 48.3. The third-order valence-electron chi connectivity index (χ3n) is 5.74. The highest BCUT2D eigenvalue weighted by atomic mass is 16.7. The van der Waals surface area contributed by atoms with Gasteiger partial charge in [0, 0.05) is 5.92 Å². The van der Waals surface area contributed by atoms with Crippen LogP contribution in [0.1, 0.15) is 72.3 Å². The monoisotopic (exact) mass is 569 g/mol. The van der Waals surface area contributed by atoms with Gasteiger partial charge in [0.1, 0.15) is 6.04 Å². The number of aliphatic carboxylic acids is 1. The number of hydrogen-bond acceptors (Lipinski definition) is 11. The Labute approximate surface area is 235 Å². The highest BCUT2D eigenvalue weighted by Crippen LogP contribution is 2.36. The maximum atomic E-state index is 12.4. The number of nitrogens with two attached hydrogens (primary N) is 1. The molecule has 0 heterocycles. The van der Waals surface area contributed by atoms with Gasteiger partial charge in [-0.25, -0.2) is 14.4 Å². The third kappa shape index (κ3) is 13.0. The van der Waals surface area contributed by atoms with Gasteiger partial charge in [0.25, 0.3) is 0 Å². The highest BCUT2D eigenvalue weighted by Gasteiger charge is 2.33. The molecule has 0 fully saturated rings. The van der Waals surface area contributed by atoms with Crippen LogP contribution in [0.3, 0.4) is 0 Å². The Morgan fingerprint density at radius 3 is 1.80 bits per heavy atom. The standard InChI is InChI=1S/C28H43NO11/c1-7-12-35-26(32)38-16-19(6)23(24(29)25(30)31)20-8-9-21(39-27(33)36-13-10-17(2)3)22(15-20)40-28(34)37-14-11-18(4)5/h8-9,15,17-19,23-24H,7,10-14,16,29H2,1-6H3,(H,30,31)/t19?,23?,24-/m0/s1. The van der Waals surface area contributed by atoms with Gasteiger partial charge in [-0.05, 0) is 54.7 Å². The minimum atomic E-state index is -1.41. The van der Waals surface area contributed by atoms with Crippen LogP contribution in [-0.4, -0.2) is 62.0 Å². The third-order valence-corrected chi connectivity index (χ3v) is 5.74. The predicted molar refractivity (Wildman–Crippen MR) is 144 cm³/mol. The van der Waals surface area contributed by atoms with E-state index in [1.165, 1.54) is 18.2 Å². The Morgan fingerprint density at radius 1 is 0.775 bits per heavy atom. The molecule has 1 rings (SSSR count). The lowest BCUT2D eigenvalue weighted by atomic mass is 9.82. The number of ether oxygens (including phenoxy) is 6. The van der Waals surface area contributed by atoms with E-state index in [-0.39, 0.29) is 43.8 Å². The van der Waals surface area contributed by atoms with Crippen molar-refractivity contribution in [2.24, 2.45) is 23.5 Å². The first-order chi connectivity index (χ1) is 18.8.